The van der Waals surface area contributed by atoms with Crippen molar-refractivity contribution in [2.24, 2.45) is 5.92 Å². The zero-order valence-corrected chi connectivity index (χ0v) is 7.37. The fraction of sp³-hybridized carbons (Fsp3) is 0.375. The SMILES string of the molecule is S=C(S)CCC1C=CC=C1. The Kier molecular flexibility index (Phi) is 3.16. The largest absolute Gasteiger partial charge is 0.136 e. The molecular formula is C8H10S2. The monoisotopic (exact) mass is 170 g/mol. The molecule has 0 amide bonds. The molecule has 0 atom stereocenters. The van der Waals surface area contributed by atoms with Crippen LogP contribution in [0.1, 0.15) is 12.8 Å². The molecule has 0 N–H and O–H groups in total. The first kappa shape index (κ1) is 8.02. The van der Waals surface area contributed by atoms with E-state index in [2.05, 4.69) is 36.9 Å². The number of hydrogen-bond acceptors (Lipinski definition) is 1. The topological polar surface area (TPSA) is 0 Å². The summed E-state index contributed by atoms with van der Waals surface area (Å²) in [6.07, 6.45) is 10.6. The molecule has 0 saturated carbocycles. The molecule has 1 aliphatic carbocycles. The summed E-state index contributed by atoms with van der Waals surface area (Å²) in [7, 11) is 0. The first-order valence-electron chi connectivity index (χ1n) is 3.36. The Labute approximate surface area is 72.4 Å². The molecule has 0 heterocycles. The summed E-state index contributed by atoms with van der Waals surface area (Å²) in [4.78, 5) is 0. The molecule has 0 aromatic rings. The van der Waals surface area contributed by atoms with Gasteiger partial charge < -0.3 is 0 Å². The molecule has 1 rings (SSSR count). The predicted octanol–water partition coefficient (Wildman–Crippen LogP) is 2.77. The molecule has 0 radical (unpaired) electrons. The Bertz CT molecular complexity index is 168. The van der Waals surface area contributed by atoms with Gasteiger partial charge in [0, 0.05) is 4.20 Å². The van der Waals surface area contributed by atoms with Gasteiger partial charge in [-0.2, -0.15) is 0 Å². The van der Waals surface area contributed by atoms with Crippen LogP contribution in [-0.4, -0.2) is 4.20 Å². The fourth-order valence-corrected chi connectivity index (χ4v) is 1.21. The molecule has 0 saturated heterocycles. The Morgan fingerprint density at radius 2 is 2.00 bits per heavy atom. The van der Waals surface area contributed by atoms with Crippen molar-refractivity contribution in [3.05, 3.63) is 24.3 Å². The summed E-state index contributed by atoms with van der Waals surface area (Å²) in [6.45, 7) is 0. The van der Waals surface area contributed by atoms with Crippen LogP contribution in [0.3, 0.4) is 0 Å². The van der Waals surface area contributed by atoms with E-state index >= 15 is 0 Å². The molecule has 0 bridgehead atoms. The highest BCUT2D eigenvalue weighted by atomic mass is 32.1. The highest BCUT2D eigenvalue weighted by Crippen LogP contribution is 2.15. The second-order valence-corrected chi connectivity index (χ2v) is 3.70. The highest BCUT2D eigenvalue weighted by molar-refractivity contribution is 8.11. The van der Waals surface area contributed by atoms with Crippen molar-refractivity contribution >= 4 is 29.0 Å². The molecule has 0 unspecified atom stereocenters. The van der Waals surface area contributed by atoms with Gasteiger partial charge in [-0.05, 0) is 18.8 Å². The lowest BCUT2D eigenvalue weighted by molar-refractivity contribution is 0.752. The molecule has 0 aliphatic heterocycles. The van der Waals surface area contributed by atoms with Crippen LogP contribution in [0.5, 0.6) is 0 Å². The van der Waals surface area contributed by atoms with Gasteiger partial charge in [-0.25, -0.2) is 0 Å². The van der Waals surface area contributed by atoms with E-state index in [9.17, 15) is 0 Å². The van der Waals surface area contributed by atoms with Crippen LogP contribution >= 0.6 is 24.8 Å². The van der Waals surface area contributed by atoms with Gasteiger partial charge in [0.1, 0.15) is 0 Å². The summed E-state index contributed by atoms with van der Waals surface area (Å²) in [5.74, 6) is 0.602. The number of thiocarbonyl (C=S) groups is 1. The van der Waals surface area contributed by atoms with Crippen LogP contribution in [-0.2, 0) is 0 Å². The van der Waals surface area contributed by atoms with Crippen LogP contribution in [0.4, 0.5) is 0 Å². The van der Waals surface area contributed by atoms with Gasteiger partial charge in [0.25, 0.3) is 0 Å². The molecule has 10 heavy (non-hydrogen) atoms. The third-order valence-corrected chi connectivity index (χ3v) is 1.95. The van der Waals surface area contributed by atoms with Gasteiger partial charge in [-0.15, -0.1) is 12.6 Å². The minimum absolute atomic E-state index is 0.602. The zero-order chi connectivity index (χ0) is 7.40. The van der Waals surface area contributed by atoms with E-state index in [0.717, 1.165) is 17.0 Å². The van der Waals surface area contributed by atoms with Gasteiger partial charge in [0.2, 0.25) is 0 Å². The van der Waals surface area contributed by atoms with E-state index in [4.69, 9.17) is 12.2 Å². The van der Waals surface area contributed by atoms with Gasteiger partial charge in [0.05, 0.1) is 0 Å². The summed E-state index contributed by atoms with van der Waals surface area (Å²) >= 11 is 8.90. The Balaban J connectivity index is 2.20. The second kappa shape index (κ2) is 3.94. The standard InChI is InChI=1S/C8H10S2/c9-8(10)6-5-7-3-1-2-4-7/h1-4,7H,5-6H2,(H,9,10). The van der Waals surface area contributed by atoms with E-state index in [0.29, 0.717) is 5.92 Å². The third kappa shape index (κ3) is 2.67. The summed E-state index contributed by atoms with van der Waals surface area (Å²) in [6, 6.07) is 0. The van der Waals surface area contributed by atoms with Crippen molar-refractivity contribution in [2.45, 2.75) is 12.8 Å². The Hall–Kier alpha value is -0.0800. The molecule has 0 aromatic heterocycles. The smallest absolute Gasteiger partial charge is 0.0448 e. The van der Waals surface area contributed by atoms with E-state index in [1.54, 1.807) is 0 Å². The second-order valence-electron chi connectivity index (χ2n) is 2.37. The lowest BCUT2D eigenvalue weighted by atomic mass is 10.1. The molecular weight excluding hydrogens is 160 g/mol. The van der Waals surface area contributed by atoms with Gasteiger partial charge in [0.15, 0.2) is 0 Å². The molecule has 54 valence electrons. The lowest BCUT2D eigenvalue weighted by Gasteiger charge is -2.01. The third-order valence-electron chi connectivity index (χ3n) is 1.52. The first-order chi connectivity index (χ1) is 4.79. The van der Waals surface area contributed by atoms with Crippen molar-refractivity contribution in [1.82, 2.24) is 0 Å². The maximum atomic E-state index is 4.85. The van der Waals surface area contributed by atoms with Crippen molar-refractivity contribution in [1.29, 1.82) is 0 Å². The van der Waals surface area contributed by atoms with Gasteiger partial charge in [-0.3, -0.25) is 0 Å². The van der Waals surface area contributed by atoms with E-state index < -0.39 is 0 Å². The summed E-state index contributed by atoms with van der Waals surface area (Å²) in [5, 5.41) is 0. The molecule has 1 aliphatic rings. The molecule has 0 nitrogen and oxygen atoms in total. The van der Waals surface area contributed by atoms with Crippen molar-refractivity contribution in [2.75, 3.05) is 0 Å². The minimum atomic E-state index is 0.602. The van der Waals surface area contributed by atoms with Gasteiger partial charge >= 0.3 is 0 Å². The van der Waals surface area contributed by atoms with Crippen LogP contribution < -0.4 is 0 Å². The predicted molar refractivity (Wildman–Crippen MR) is 52.6 cm³/mol. The number of allylic oxidation sites excluding steroid dienone is 4. The maximum Gasteiger partial charge on any atom is 0.0448 e. The average Bonchev–Trinajstić information content (AvgIpc) is 2.34. The van der Waals surface area contributed by atoms with Crippen molar-refractivity contribution in [3.63, 3.8) is 0 Å². The lowest BCUT2D eigenvalue weighted by Crippen LogP contribution is -1.91. The Morgan fingerprint density at radius 1 is 1.40 bits per heavy atom. The van der Waals surface area contributed by atoms with Crippen LogP contribution in [0, 0.1) is 5.92 Å². The molecule has 0 fully saturated rings. The normalized spacial score (nSPS) is 16.5. The molecule has 0 aromatic carbocycles. The van der Waals surface area contributed by atoms with Crippen LogP contribution in [0.15, 0.2) is 24.3 Å². The minimum Gasteiger partial charge on any atom is -0.136 e. The summed E-state index contributed by atoms with van der Waals surface area (Å²) < 4.78 is 0.814. The first-order valence-corrected chi connectivity index (χ1v) is 4.21. The van der Waals surface area contributed by atoms with Crippen molar-refractivity contribution < 1.29 is 0 Å². The Morgan fingerprint density at radius 3 is 2.50 bits per heavy atom. The van der Waals surface area contributed by atoms with Crippen LogP contribution in [0.2, 0.25) is 0 Å². The van der Waals surface area contributed by atoms with Crippen molar-refractivity contribution in [3.8, 4) is 0 Å². The van der Waals surface area contributed by atoms with Crippen LogP contribution in [0.25, 0.3) is 0 Å². The molecule has 0 spiro atoms. The quantitative estimate of drug-likeness (QED) is 0.502. The fourth-order valence-electron chi connectivity index (χ4n) is 0.960. The maximum absolute atomic E-state index is 4.85. The number of thiol groups is 1. The van der Waals surface area contributed by atoms with Gasteiger partial charge in [-0.1, -0.05) is 36.5 Å². The highest BCUT2D eigenvalue weighted by Gasteiger charge is 2.02. The van der Waals surface area contributed by atoms with E-state index in [1.807, 2.05) is 0 Å². The summed E-state index contributed by atoms with van der Waals surface area (Å²) in [5.41, 5.74) is 0. The number of hydrogen-bond donors (Lipinski definition) is 1. The zero-order valence-electron chi connectivity index (χ0n) is 5.66. The van der Waals surface area contributed by atoms with E-state index in [1.165, 1.54) is 0 Å². The number of rotatable bonds is 3. The van der Waals surface area contributed by atoms with E-state index in [-0.39, 0.29) is 0 Å². The molecule has 2 heteroatoms. The average molecular weight is 170 g/mol.